The van der Waals surface area contributed by atoms with Crippen LogP contribution in [0.25, 0.3) is 11.1 Å². The first-order valence-electron chi connectivity index (χ1n) is 6.80. The van der Waals surface area contributed by atoms with Gasteiger partial charge in [0.25, 0.3) is 0 Å². The smallest absolute Gasteiger partial charge is 0.130 e. The van der Waals surface area contributed by atoms with Gasteiger partial charge in [-0.1, -0.05) is 25.1 Å². The molecule has 0 spiro atoms. The lowest BCUT2D eigenvalue weighted by molar-refractivity contribution is 0.289. The van der Waals surface area contributed by atoms with Crippen LogP contribution in [0, 0.1) is 0 Å². The van der Waals surface area contributed by atoms with Crippen LogP contribution in [0.5, 0.6) is 5.75 Å². The van der Waals surface area contributed by atoms with Gasteiger partial charge in [0.2, 0.25) is 0 Å². The van der Waals surface area contributed by atoms with Gasteiger partial charge in [0, 0.05) is 11.1 Å². The fraction of sp³-hybridized carbons (Fsp3) is 0.312. The first-order valence-corrected chi connectivity index (χ1v) is 6.80. The minimum Gasteiger partial charge on any atom is -0.493 e. The molecule has 0 aliphatic carbocycles. The summed E-state index contributed by atoms with van der Waals surface area (Å²) >= 11 is 0. The minimum atomic E-state index is 0. The highest BCUT2D eigenvalue weighted by molar-refractivity contribution is 5.85. The number of nitrogens with zero attached hydrogens (tertiary/aromatic N) is 1. The Morgan fingerprint density at radius 2 is 2.05 bits per heavy atom. The Morgan fingerprint density at radius 1 is 1.20 bits per heavy atom. The topological polar surface area (TPSA) is 48.1 Å². The van der Waals surface area contributed by atoms with Gasteiger partial charge in [0.1, 0.15) is 11.6 Å². The van der Waals surface area contributed by atoms with Crippen molar-refractivity contribution < 1.29 is 4.74 Å². The lowest BCUT2D eigenvalue weighted by Crippen LogP contribution is -2.09. The average Bonchev–Trinajstić information content (AvgIpc) is 2.46. The number of halogens is 1. The maximum Gasteiger partial charge on any atom is 0.130 e. The predicted molar refractivity (Wildman–Crippen MR) is 84.5 cm³/mol. The molecule has 0 fully saturated rings. The third-order valence-corrected chi connectivity index (χ3v) is 3.55. The summed E-state index contributed by atoms with van der Waals surface area (Å²) in [6.45, 7) is 2.90. The fourth-order valence-corrected chi connectivity index (χ4v) is 2.63. The predicted octanol–water partition coefficient (Wildman–Crippen LogP) is 3.64. The molecule has 1 aromatic carbocycles. The van der Waals surface area contributed by atoms with Crippen molar-refractivity contribution in [1.29, 1.82) is 0 Å². The van der Waals surface area contributed by atoms with Crippen molar-refractivity contribution in [2.75, 3.05) is 12.3 Å². The van der Waals surface area contributed by atoms with Crippen molar-refractivity contribution in [2.45, 2.75) is 26.2 Å². The van der Waals surface area contributed by atoms with Crippen LogP contribution in [-0.4, -0.2) is 11.6 Å². The van der Waals surface area contributed by atoms with Gasteiger partial charge in [-0.3, -0.25) is 0 Å². The molecule has 4 heteroatoms. The van der Waals surface area contributed by atoms with E-state index in [0.29, 0.717) is 5.82 Å². The van der Waals surface area contributed by atoms with E-state index in [1.165, 1.54) is 5.56 Å². The van der Waals surface area contributed by atoms with Crippen molar-refractivity contribution in [1.82, 2.24) is 4.98 Å². The van der Waals surface area contributed by atoms with Crippen LogP contribution >= 0.6 is 12.4 Å². The Hall–Kier alpha value is -1.74. The van der Waals surface area contributed by atoms with Crippen LogP contribution in [0.1, 0.15) is 24.6 Å². The molecule has 3 rings (SSSR count). The van der Waals surface area contributed by atoms with E-state index in [0.717, 1.165) is 48.4 Å². The first kappa shape index (κ1) is 14.7. The van der Waals surface area contributed by atoms with Crippen molar-refractivity contribution in [3.8, 4) is 16.9 Å². The number of para-hydroxylation sites is 1. The molecule has 2 N–H and O–H groups in total. The number of anilines is 1. The van der Waals surface area contributed by atoms with Crippen LogP contribution in [-0.2, 0) is 12.8 Å². The number of benzene rings is 1. The van der Waals surface area contributed by atoms with E-state index >= 15 is 0 Å². The van der Waals surface area contributed by atoms with Crippen LogP contribution in [0.2, 0.25) is 0 Å². The lowest BCUT2D eigenvalue weighted by atomic mass is 9.96. The van der Waals surface area contributed by atoms with Gasteiger partial charge in [0.05, 0.1) is 12.3 Å². The molecule has 0 bridgehead atoms. The van der Waals surface area contributed by atoms with E-state index < -0.39 is 0 Å². The van der Waals surface area contributed by atoms with Gasteiger partial charge in [0.15, 0.2) is 0 Å². The second-order valence-corrected chi connectivity index (χ2v) is 4.83. The van der Waals surface area contributed by atoms with Gasteiger partial charge >= 0.3 is 0 Å². The Labute approximate surface area is 125 Å². The maximum absolute atomic E-state index is 5.88. The third-order valence-electron chi connectivity index (χ3n) is 3.55. The normalized spacial score (nSPS) is 13.1. The third kappa shape index (κ3) is 2.59. The van der Waals surface area contributed by atoms with Crippen LogP contribution in [0.3, 0.4) is 0 Å². The molecule has 1 aliphatic rings. The molecule has 3 nitrogen and oxygen atoms in total. The Bertz CT molecular complexity index is 613. The standard InChI is InChI=1S/C16H18N2O.ClH/c1-2-14-12(8-9-15(17)18-14)13-7-3-5-11-6-4-10-19-16(11)13;/h3,5,7-9H,2,4,6,10H2,1H3,(H2,17,18);1H. The number of hydrogen-bond acceptors (Lipinski definition) is 3. The highest BCUT2D eigenvalue weighted by Crippen LogP contribution is 2.37. The van der Waals surface area contributed by atoms with Crippen molar-refractivity contribution in [2.24, 2.45) is 0 Å². The fourth-order valence-electron chi connectivity index (χ4n) is 2.63. The molecule has 0 saturated heterocycles. The van der Waals surface area contributed by atoms with Gasteiger partial charge in [-0.25, -0.2) is 4.98 Å². The summed E-state index contributed by atoms with van der Waals surface area (Å²) in [4.78, 5) is 4.44. The highest BCUT2D eigenvalue weighted by Gasteiger charge is 2.17. The zero-order valence-corrected chi connectivity index (χ0v) is 12.4. The Kier molecular flexibility index (Phi) is 4.50. The monoisotopic (exact) mass is 290 g/mol. The number of nitrogen functional groups attached to an aromatic ring is 1. The zero-order valence-electron chi connectivity index (χ0n) is 11.6. The number of hydrogen-bond donors (Lipinski definition) is 1. The van der Waals surface area contributed by atoms with Gasteiger partial charge in [-0.2, -0.15) is 0 Å². The molecule has 0 saturated carbocycles. The van der Waals surface area contributed by atoms with E-state index in [9.17, 15) is 0 Å². The van der Waals surface area contributed by atoms with Crippen LogP contribution in [0.15, 0.2) is 30.3 Å². The number of pyridine rings is 1. The van der Waals surface area contributed by atoms with Gasteiger partial charge < -0.3 is 10.5 Å². The van der Waals surface area contributed by atoms with E-state index in [2.05, 4.69) is 36.2 Å². The second-order valence-electron chi connectivity index (χ2n) is 4.83. The van der Waals surface area contributed by atoms with E-state index in [4.69, 9.17) is 10.5 Å². The second kappa shape index (κ2) is 6.14. The summed E-state index contributed by atoms with van der Waals surface area (Å²) in [5, 5.41) is 0. The molecule has 0 unspecified atom stereocenters. The summed E-state index contributed by atoms with van der Waals surface area (Å²) in [6, 6.07) is 10.3. The average molecular weight is 291 g/mol. The van der Waals surface area contributed by atoms with Crippen molar-refractivity contribution in [3.63, 3.8) is 0 Å². The van der Waals surface area contributed by atoms with Crippen LogP contribution < -0.4 is 10.5 Å². The molecule has 2 heterocycles. The number of nitrogens with two attached hydrogens (primary N) is 1. The number of aryl methyl sites for hydroxylation is 2. The van der Waals surface area contributed by atoms with E-state index in [1.807, 2.05) is 6.07 Å². The molecule has 106 valence electrons. The van der Waals surface area contributed by atoms with Gasteiger partial charge in [-0.15, -0.1) is 12.4 Å². The molecule has 1 aliphatic heterocycles. The highest BCUT2D eigenvalue weighted by atomic mass is 35.5. The molecule has 2 aromatic rings. The molecule has 0 amide bonds. The minimum absolute atomic E-state index is 0. The van der Waals surface area contributed by atoms with Gasteiger partial charge in [-0.05, 0) is 37.0 Å². The Balaban J connectivity index is 0.00000147. The molecule has 0 radical (unpaired) electrons. The maximum atomic E-state index is 5.88. The summed E-state index contributed by atoms with van der Waals surface area (Å²) in [5.41, 5.74) is 10.4. The van der Waals surface area contributed by atoms with Crippen LogP contribution in [0.4, 0.5) is 5.82 Å². The Morgan fingerprint density at radius 3 is 2.85 bits per heavy atom. The quantitative estimate of drug-likeness (QED) is 0.918. The number of rotatable bonds is 2. The zero-order chi connectivity index (χ0) is 13.2. The van der Waals surface area contributed by atoms with E-state index in [-0.39, 0.29) is 12.4 Å². The molecular formula is C16H19ClN2O. The molecule has 0 atom stereocenters. The summed E-state index contributed by atoms with van der Waals surface area (Å²) in [5.74, 6) is 1.60. The lowest BCUT2D eigenvalue weighted by Gasteiger charge is -2.21. The SMILES string of the molecule is CCc1nc(N)ccc1-c1cccc2c1OCCC2.Cl. The summed E-state index contributed by atoms with van der Waals surface area (Å²) in [6.07, 6.45) is 3.05. The van der Waals surface area contributed by atoms with Crippen molar-refractivity contribution in [3.05, 3.63) is 41.6 Å². The summed E-state index contributed by atoms with van der Waals surface area (Å²) in [7, 11) is 0. The van der Waals surface area contributed by atoms with E-state index in [1.54, 1.807) is 0 Å². The van der Waals surface area contributed by atoms with Crippen molar-refractivity contribution >= 4 is 18.2 Å². The molecule has 1 aromatic heterocycles. The number of ether oxygens (including phenoxy) is 1. The number of fused-ring (bicyclic) bond motifs is 1. The largest absolute Gasteiger partial charge is 0.493 e. The number of aromatic nitrogens is 1. The molecule has 20 heavy (non-hydrogen) atoms. The first-order chi connectivity index (χ1) is 9.29. The summed E-state index contributed by atoms with van der Waals surface area (Å²) < 4.78 is 5.88. The molecular weight excluding hydrogens is 272 g/mol.